The summed E-state index contributed by atoms with van der Waals surface area (Å²) in [5.74, 6) is 1.51. The first-order chi connectivity index (χ1) is 9.08. The zero-order valence-electron chi connectivity index (χ0n) is 12.1. The van der Waals surface area contributed by atoms with Crippen LogP contribution in [0.25, 0.3) is 0 Å². The van der Waals surface area contributed by atoms with Gasteiger partial charge in [0, 0.05) is 6.54 Å². The first kappa shape index (κ1) is 18.5. The molecule has 3 N–H and O–H groups in total. The minimum atomic E-state index is -0.466. The van der Waals surface area contributed by atoms with Gasteiger partial charge >= 0.3 is 0 Å². The fourth-order valence-electron chi connectivity index (χ4n) is 1.73. The van der Waals surface area contributed by atoms with Crippen LogP contribution in [0, 0.1) is 0 Å². The molecule has 1 rings (SSSR count). The van der Waals surface area contributed by atoms with E-state index in [1.807, 2.05) is 18.2 Å². The summed E-state index contributed by atoms with van der Waals surface area (Å²) in [5, 5.41) is 2.78. The summed E-state index contributed by atoms with van der Waals surface area (Å²) in [6.07, 6.45) is 1.63. The van der Waals surface area contributed by atoms with Crippen molar-refractivity contribution in [1.29, 1.82) is 0 Å². The Kier molecular flexibility index (Phi) is 8.76. The maximum Gasteiger partial charge on any atom is 0.236 e. The second-order valence-corrected chi connectivity index (χ2v) is 4.36. The zero-order valence-corrected chi connectivity index (χ0v) is 13.0. The van der Waals surface area contributed by atoms with E-state index in [-0.39, 0.29) is 18.3 Å². The van der Waals surface area contributed by atoms with Crippen molar-refractivity contribution in [2.75, 3.05) is 20.8 Å². The number of methoxy groups -OCH3 is 2. The van der Waals surface area contributed by atoms with Crippen molar-refractivity contribution in [3.63, 3.8) is 0 Å². The third-order valence-corrected chi connectivity index (χ3v) is 2.82. The fourth-order valence-corrected chi connectivity index (χ4v) is 1.73. The molecule has 0 heterocycles. The Morgan fingerprint density at radius 3 is 2.60 bits per heavy atom. The van der Waals surface area contributed by atoms with E-state index in [1.165, 1.54) is 0 Å². The average Bonchev–Trinajstić information content (AvgIpc) is 2.42. The molecule has 0 aliphatic heterocycles. The quantitative estimate of drug-likeness (QED) is 0.749. The molecule has 1 amide bonds. The van der Waals surface area contributed by atoms with E-state index in [4.69, 9.17) is 15.2 Å². The van der Waals surface area contributed by atoms with Gasteiger partial charge < -0.3 is 20.5 Å². The molecule has 0 radical (unpaired) electrons. The van der Waals surface area contributed by atoms with Crippen molar-refractivity contribution in [3.8, 4) is 11.5 Å². The van der Waals surface area contributed by atoms with Gasteiger partial charge in [0.25, 0.3) is 0 Å². The molecule has 0 spiro atoms. The third-order valence-electron chi connectivity index (χ3n) is 2.82. The van der Waals surface area contributed by atoms with Crippen LogP contribution in [-0.4, -0.2) is 32.7 Å². The normalized spacial score (nSPS) is 11.2. The van der Waals surface area contributed by atoms with Crippen molar-refractivity contribution in [1.82, 2.24) is 5.32 Å². The lowest BCUT2D eigenvalue weighted by atomic mass is 10.1. The summed E-state index contributed by atoms with van der Waals surface area (Å²) < 4.78 is 10.5. The Balaban J connectivity index is 0.00000361. The van der Waals surface area contributed by atoms with Crippen LogP contribution in [-0.2, 0) is 11.2 Å². The molecule has 1 unspecified atom stereocenters. The number of aryl methyl sites for hydroxylation is 1. The predicted molar refractivity (Wildman–Crippen MR) is 81.8 cm³/mol. The van der Waals surface area contributed by atoms with Gasteiger partial charge in [0.1, 0.15) is 11.5 Å². The van der Waals surface area contributed by atoms with Gasteiger partial charge in [-0.2, -0.15) is 0 Å². The Morgan fingerprint density at radius 1 is 1.35 bits per heavy atom. The summed E-state index contributed by atoms with van der Waals surface area (Å²) in [7, 11) is 3.28. The summed E-state index contributed by atoms with van der Waals surface area (Å²) in [5.41, 5.74) is 6.53. The van der Waals surface area contributed by atoms with Gasteiger partial charge in [0.15, 0.2) is 0 Å². The van der Waals surface area contributed by atoms with E-state index < -0.39 is 6.04 Å². The minimum absolute atomic E-state index is 0. The monoisotopic (exact) mass is 302 g/mol. The van der Waals surface area contributed by atoms with E-state index in [2.05, 4.69) is 5.32 Å². The molecule has 0 saturated carbocycles. The molecule has 20 heavy (non-hydrogen) atoms. The Labute approximate surface area is 126 Å². The summed E-state index contributed by atoms with van der Waals surface area (Å²) in [6.45, 7) is 2.27. The first-order valence-electron chi connectivity index (χ1n) is 6.32. The van der Waals surface area contributed by atoms with Crippen LogP contribution >= 0.6 is 12.4 Å². The van der Waals surface area contributed by atoms with Gasteiger partial charge in [-0.3, -0.25) is 4.79 Å². The third kappa shape index (κ3) is 5.67. The molecule has 0 aliphatic carbocycles. The van der Waals surface area contributed by atoms with Crippen molar-refractivity contribution in [2.45, 2.75) is 25.8 Å². The largest absolute Gasteiger partial charge is 0.497 e. The van der Waals surface area contributed by atoms with E-state index >= 15 is 0 Å². The Bertz CT molecular complexity index is 425. The Morgan fingerprint density at radius 2 is 2.05 bits per heavy atom. The number of rotatable bonds is 7. The van der Waals surface area contributed by atoms with Crippen molar-refractivity contribution < 1.29 is 14.3 Å². The second-order valence-electron chi connectivity index (χ2n) is 4.36. The highest BCUT2D eigenvalue weighted by Gasteiger charge is 2.07. The number of nitrogens with one attached hydrogen (secondary N) is 1. The number of carbonyl (C=O) groups excluding carboxylic acids is 1. The van der Waals surface area contributed by atoms with Crippen LogP contribution in [0.3, 0.4) is 0 Å². The topological polar surface area (TPSA) is 73.6 Å². The lowest BCUT2D eigenvalue weighted by molar-refractivity contribution is -0.121. The standard InChI is InChI=1S/C14H22N2O3.ClH/c1-10(15)14(17)16-8-4-5-11-9-12(18-2)6-7-13(11)19-3;/h6-7,9-10H,4-5,8,15H2,1-3H3,(H,16,17);1H. The van der Waals surface area contributed by atoms with Crippen LogP contribution in [0.2, 0.25) is 0 Å². The van der Waals surface area contributed by atoms with Gasteiger partial charge in [-0.1, -0.05) is 0 Å². The number of halogens is 1. The maximum absolute atomic E-state index is 11.3. The van der Waals surface area contributed by atoms with E-state index in [0.717, 1.165) is 29.9 Å². The van der Waals surface area contributed by atoms with Gasteiger partial charge in [0.05, 0.1) is 20.3 Å². The van der Waals surface area contributed by atoms with Crippen molar-refractivity contribution in [3.05, 3.63) is 23.8 Å². The molecule has 1 aromatic rings. The van der Waals surface area contributed by atoms with Crippen LogP contribution in [0.1, 0.15) is 18.9 Å². The molecule has 0 aliphatic rings. The van der Waals surface area contributed by atoms with E-state index in [0.29, 0.717) is 6.54 Å². The highest BCUT2D eigenvalue weighted by molar-refractivity contribution is 5.85. The van der Waals surface area contributed by atoms with Gasteiger partial charge in [-0.25, -0.2) is 0 Å². The zero-order chi connectivity index (χ0) is 14.3. The molecule has 0 saturated heterocycles. The van der Waals surface area contributed by atoms with Crippen LogP contribution in [0.4, 0.5) is 0 Å². The minimum Gasteiger partial charge on any atom is -0.497 e. The smallest absolute Gasteiger partial charge is 0.236 e. The van der Waals surface area contributed by atoms with Crippen molar-refractivity contribution >= 4 is 18.3 Å². The SMILES string of the molecule is COc1ccc(OC)c(CCCNC(=O)C(C)N)c1.Cl. The number of benzene rings is 1. The summed E-state index contributed by atoms with van der Waals surface area (Å²) in [4.78, 5) is 11.3. The van der Waals surface area contributed by atoms with Crippen LogP contribution in [0.15, 0.2) is 18.2 Å². The number of amides is 1. The molecule has 5 nitrogen and oxygen atoms in total. The average molecular weight is 303 g/mol. The van der Waals surface area contributed by atoms with Gasteiger partial charge in [-0.15, -0.1) is 12.4 Å². The fraction of sp³-hybridized carbons (Fsp3) is 0.500. The molecular formula is C14H23ClN2O3. The molecule has 6 heteroatoms. The van der Waals surface area contributed by atoms with E-state index in [9.17, 15) is 4.79 Å². The number of hydrogen-bond donors (Lipinski definition) is 2. The van der Waals surface area contributed by atoms with Crippen molar-refractivity contribution in [2.24, 2.45) is 5.73 Å². The summed E-state index contributed by atoms with van der Waals surface area (Å²) >= 11 is 0. The lowest BCUT2D eigenvalue weighted by Gasteiger charge is -2.11. The van der Waals surface area contributed by atoms with Crippen LogP contribution in [0.5, 0.6) is 11.5 Å². The second kappa shape index (κ2) is 9.44. The maximum atomic E-state index is 11.3. The highest BCUT2D eigenvalue weighted by atomic mass is 35.5. The number of carbonyl (C=O) groups is 1. The molecule has 1 aromatic carbocycles. The highest BCUT2D eigenvalue weighted by Crippen LogP contribution is 2.24. The molecule has 0 bridgehead atoms. The van der Waals surface area contributed by atoms with Gasteiger partial charge in [-0.05, 0) is 43.5 Å². The predicted octanol–water partition coefficient (Wildman–Crippen LogP) is 1.52. The molecule has 0 fully saturated rings. The molecule has 1 atom stereocenters. The molecule has 0 aromatic heterocycles. The lowest BCUT2D eigenvalue weighted by Crippen LogP contribution is -2.38. The Hall–Kier alpha value is -1.46. The number of ether oxygens (including phenoxy) is 2. The summed E-state index contributed by atoms with van der Waals surface area (Å²) in [6, 6.07) is 5.23. The number of nitrogens with two attached hydrogens (primary N) is 1. The molecular weight excluding hydrogens is 280 g/mol. The number of hydrogen-bond acceptors (Lipinski definition) is 4. The van der Waals surface area contributed by atoms with E-state index in [1.54, 1.807) is 21.1 Å². The van der Waals surface area contributed by atoms with Gasteiger partial charge in [0.2, 0.25) is 5.91 Å². The molecule has 114 valence electrons. The van der Waals surface area contributed by atoms with Crippen LogP contribution < -0.4 is 20.5 Å². The first-order valence-corrected chi connectivity index (χ1v) is 6.32.